The van der Waals surface area contributed by atoms with Crippen LogP contribution in [0, 0.1) is 5.92 Å². The molecule has 2 aliphatic rings. The molecule has 2 unspecified atom stereocenters. The second kappa shape index (κ2) is 5.85. The van der Waals surface area contributed by atoms with E-state index in [0.29, 0.717) is 6.04 Å². The smallest absolute Gasteiger partial charge is 0.0469 e. The number of benzene rings is 1. The summed E-state index contributed by atoms with van der Waals surface area (Å²) in [4.78, 5) is 0. The minimum atomic E-state index is 0.702. The lowest BCUT2D eigenvalue weighted by molar-refractivity contribution is 0.0486. The first-order valence-corrected chi connectivity index (χ1v) is 7.29. The van der Waals surface area contributed by atoms with Crippen molar-refractivity contribution in [3.05, 3.63) is 35.9 Å². The molecule has 1 N–H and O–H groups in total. The van der Waals surface area contributed by atoms with Gasteiger partial charge in [-0.05, 0) is 49.6 Å². The Morgan fingerprint density at radius 2 is 1.78 bits per heavy atom. The van der Waals surface area contributed by atoms with Crippen LogP contribution in [0.4, 0.5) is 0 Å². The minimum absolute atomic E-state index is 0.702. The molecule has 2 atom stereocenters. The lowest BCUT2D eigenvalue weighted by Gasteiger charge is -2.37. The summed E-state index contributed by atoms with van der Waals surface area (Å²) < 4.78 is 5.47. The zero-order chi connectivity index (χ0) is 12.2. The van der Waals surface area contributed by atoms with E-state index in [1.807, 2.05) is 0 Å². The van der Waals surface area contributed by atoms with Crippen LogP contribution in [0.25, 0.3) is 0 Å². The molecule has 0 amide bonds. The van der Waals surface area contributed by atoms with Gasteiger partial charge in [-0.15, -0.1) is 0 Å². The first-order valence-electron chi connectivity index (χ1n) is 7.29. The summed E-state index contributed by atoms with van der Waals surface area (Å²) in [7, 11) is 0. The Morgan fingerprint density at radius 1 is 1.00 bits per heavy atom. The monoisotopic (exact) mass is 245 g/mol. The molecule has 2 fully saturated rings. The van der Waals surface area contributed by atoms with Crippen molar-refractivity contribution < 1.29 is 4.74 Å². The summed E-state index contributed by atoms with van der Waals surface area (Å²) in [6, 6.07) is 11.7. The molecule has 2 nitrogen and oxygen atoms in total. The highest BCUT2D eigenvalue weighted by Gasteiger charge is 2.29. The van der Waals surface area contributed by atoms with Crippen LogP contribution >= 0.6 is 0 Å². The van der Waals surface area contributed by atoms with E-state index in [1.165, 1.54) is 37.8 Å². The second-order valence-corrected chi connectivity index (χ2v) is 5.64. The van der Waals surface area contributed by atoms with Gasteiger partial charge in [0, 0.05) is 19.3 Å². The van der Waals surface area contributed by atoms with Gasteiger partial charge in [0.1, 0.15) is 0 Å². The number of hydrogen-bond donors (Lipinski definition) is 1. The Morgan fingerprint density at radius 3 is 2.56 bits per heavy atom. The highest BCUT2D eigenvalue weighted by molar-refractivity contribution is 5.20. The van der Waals surface area contributed by atoms with E-state index in [4.69, 9.17) is 4.74 Å². The van der Waals surface area contributed by atoms with E-state index >= 15 is 0 Å². The van der Waals surface area contributed by atoms with Crippen molar-refractivity contribution in [1.82, 2.24) is 5.32 Å². The highest BCUT2D eigenvalue weighted by Crippen LogP contribution is 2.32. The maximum Gasteiger partial charge on any atom is 0.0469 e. The minimum Gasteiger partial charge on any atom is -0.381 e. The van der Waals surface area contributed by atoms with Crippen LogP contribution in [-0.4, -0.2) is 25.8 Å². The summed E-state index contributed by atoms with van der Waals surface area (Å²) in [6.07, 6.45) is 5.05. The Bertz CT molecular complexity index is 359. The molecule has 2 heteroatoms. The van der Waals surface area contributed by atoms with Crippen molar-refractivity contribution in [2.45, 2.75) is 37.6 Å². The predicted molar refractivity (Wildman–Crippen MR) is 73.8 cm³/mol. The fourth-order valence-corrected chi connectivity index (χ4v) is 3.46. The van der Waals surface area contributed by atoms with E-state index in [2.05, 4.69) is 35.6 Å². The van der Waals surface area contributed by atoms with Gasteiger partial charge >= 0.3 is 0 Å². The molecule has 0 spiro atoms. The van der Waals surface area contributed by atoms with Crippen LogP contribution in [0.3, 0.4) is 0 Å². The Kier molecular flexibility index (Phi) is 3.96. The molecule has 1 aromatic carbocycles. The van der Waals surface area contributed by atoms with Crippen molar-refractivity contribution in [2.75, 3.05) is 19.8 Å². The van der Waals surface area contributed by atoms with Crippen molar-refractivity contribution in [2.24, 2.45) is 5.92 Å². The van der Waals surface area contributed by atoms with Crippen LogP contribution in [0.2, 0.25) is 0 Å². The Labute approximate surface area is 110 Å². The SMILES string of the molecule is c1ccc(C2CCNC(C3CCOCC3)C2)cc1. The zero-order valence-electron chi connectivity index (χ0n) is 11.0. The quantitative estimate of drug-likeness (QED) is 0.865. The number of rotatable bonds is 2. The fourth-order valence-electron chi connectivity index (χ4n) is 3.46. The number of piperidine rings is 1. The highest BCUT2D eigenvalue weighted by atomic mass is 16.5. The standard InChI is InChI=1S/C16H23NO/c1-2-4-13(5-3-1)15-6-9-17-16(12-15)14-7-10-18-11-8-14/h1-5,14-17H,6-12H2. The van der Waals surface area contributed by atoms with Gasteiger partial charge in [-0.1, -0.05) is 30.3 Å². The van der Waals surface area contributed by atoms with E-state index in [-0.39, 0.29) is 0 Å². The maximum atomic E-state index is 5.47. The molecule has 1 aromatic rings. The van der Waals surface area contributed by atoms with Gasteiger partial charge in [-0.3, -0.25) is 0 Å². The van der Waals surface area contributed by atoms with Gasteiger partial charge < -0.3 is 10.1 Å². The summed E-state index contributed by atoms with van der Waals surface area (Å²) in [6.45, 7) is 3.08. The van der Waals surface area contributed by atoms with Crippen LogP contribution in [0.15, 0.2) is 30.3 Å². The lowest BCUT2D eigenvalue weighted by atomic mass is 9.79. The van der Waals surface area contributed by atoms with E-state index < -0.39 is 0 Å². The Balaban J connectivity index is 1.64. The largest absolute Gasteiger partial charge is 0.381 e. The second-order valence-electron chi connectivity index (χ2n) is 5.64. The summed E-state index contributed by atoms with van der Waals surface area (Å²) in [5.74, 6) is 1.57. The molecule has 0 aromatic heterocycles. The van der Waals surface area contributed by atoms with Crippen LogP contribution < -0.4 is 5.32 Å². The third-order valence-corrected chi connectivity index (χ3v) is 4.54. The van der Waals surface area contributed by atoms with E-state index in [1.54, 1.807) is 0 Å². The third-order valence-electron chi connectivity index (χ3n) is 4.54. The molecule has 0 aliphatic carbocycles. The van der Waals surface area contributed by atoms with Crippen LogP contribution in [-0.2, 0) is 4.74 Å². The molecular formula is C16H23NO. The number of nitrogens with one attached hydrogen (secondary N) is 1. The normalized spacial score (nSPS) is 30.2. The van der Waals surface area contributed by atoms with Crippen molar-refractivity contribution in [1.29, 1.82) is 0 Å². The van der Waals surface area contributed by atoms with Crippen LogP contribution in [0.5, 0.6) is 0 Å². The topological polar surface area (TPSA) is 21.3 Å². The fraction of sp³-hybridized carbons (Fsp3) is 0.625. The maximum absolute atomic E-state index is 5.47. The third kappa shape index (κ3) is 2.76. The summed E-state index contributed by atoms with van der Waals surface area (Å²) >= 11 is 0. The molecule has 18 heavy (non-hydrogen) atoms. The van der Waals surface area contributed by atoms with Crippen LogP contribution in [0.1, 0.15) is 37.2 Å². The summed E-state index contributed by atoms with van der Waals surface area (Å²) in [5.41, 5.74) is 1.52. The molecule has 2 aliphatic heterocycles. The first kappa shape index (κ1) is 12.2. The van der Waals surface area contributed by atoms with E-state index in [0.717, 1.165) is 25.0 Å². The molecule has 2 saturated heterocycles. The molecule has 0 bridgehead atoms. The molecule has 0 radical (unpaired) electrons. The zero-order valence-corrected chi connectivity index (χ0v) is 11.0. The van der Waals surface area contributed by atoms with E-state index in [9.17, 15) is 0 Å². The number of hydrogen-bond acceptors (Lipinski definition) is 2. The molecule has 2 heterocycles. The summed E-state index contributed by atoms with van der Waals surface area (Å²) in [5, 5.41) is 3.73. The van der Waals surface area contributed by atoms with Gasteiger partial charge in [0.05, 0.1) is 0 Å². The molecule has 0 saturated carbocycles. The number of ether oxygens (including phenoxy) is 1. The Hall–Kier alpha value is -0.860. The molecule has 3 rings (SSSR count). The molecular weight excluding hydrogens is 222 g/mol. The molecule has 98 valence electrons. The van der Waals surface area contributed by atoms with Gasteiger partial charge in [0.2, 0.25) is 0 Å². The lowest BCUT2D eigenvalue weighted by Crippen LogP contribution is -2.44. The van der Waals surface area contributed by atoms with Gasteiger partial charge in [0.25, 0.3) is 0 Å². The van der Waals surface area contributed by atoms with Crippen molar-refractivity contribution in [3.8, 4) is 0 Å². The van der Waals surface area contributed by atoms with Gasteiger partial charge in [-0.25, -0.2) is 0 Å². The van der Waals surface area contributed by atoms with Gasteiger partial charge in [0.15, 0.2) is 0 Å². The predicted octanol–water partition coefficient (Wildman–Crippen LogP) is 2.95. The average Bonchev–Trinajstić information content (AvgIpc) is 2.49. The van der Waals surface area contributed by atoms with Crippen molar-refractivity contribution >= 4 is 0 Å². The average molecular weight is 245 g/mol. The van der Waals surface area contributed by atoms with Crippen molar-refractivity contribution in [3.63, 3.8) is 0 Å². The first-order chi connectivity index (χ1) is 8.93. The van der Waals surface area contributed by atoms with Gasteiger partial charge in [-0.2, -0.15) is 0 Å².